The molecule has 1 atom stereocenters. The Labute approximate surface area is 78.1 Å². The molecule has 0 aliphatic heterocycles. The number of aromatic hydroxyl groups is 1. The molecule has 3 N–H and O–H groups in total. The Morgan fingerprint density at radius 3 is 2.77 bits per heavy atom. The van der Waals surface area contributed by atoms with Crippen molar-refractivity contribution in [2.45, 2.75) is 19.6 Å². The first-order valence-electron chi connectivity index (χ1n) is 4.21. The molecular weight excluding hydrogens is 166 g/mol. The van der Waals surface area contributed by atoms with E-state index in [1.807, 2.05) is 19.1 Å². The van der Waals surface area contributed by atoms with Gasteiger partial charge < -0.3 is 15.6 Å². The van der Waals surface area contributed by atoms with Gasteiger partial charge in [0.15, 0.2) is 0 Å². The minimum Gasteiger partial charge on any atom is -0.508 e. The summed E-state index contributed by atoms with van der Waals surface area (Å²) in [6, 6.07) is 5.18. The minimum atomic E-state index is -0.156. The maximum atomic E-state index is 9.45. The zero-order chi connectivity index (χ0) is 9.84. The van der Waals surface area contributed by atoms with Crippen LogP contribution in [0.15, 0.2) is 18.2 Å². The van der Waals surface area contributed by atoms with E-state index >= 15 is 0 Å². The van der Waals surface area contributed by atoms with Crippen LogP contribution in [-0.4, -0.2) is 12.2 Å². The third-order valence-corrected chi connectivity index (χ3v) is 1.89. The quantitative estimate of drug-likeness (QED) is 0.744. The molecule has 72 valence electrons. The molecule has 1 rings (SSSR count). The van der Waals surface area contributed by atoms with Gasteiger partial charge in [-0.2, -0.15) is 0 Å². The van der Waals surface area contributed by atoms with Crippen molar-refractivity contribution >= 4 is 0 Å². The van der Waals surface area contributed by atoms with Crippen LogP contribution in [0.25, 0.3) is 0 Å². The third-order valence-electron chi connectivity index (χ3n) is 1.89. The summed E-state index contributed by atoms with van der Waals surface area (Å²) in [5.41, 5.74) is 7.46. The molecule has 0 saturated carbocycles. The van der Waals surface area contributed by atoms with Crippen molar-refractivity contribution in [3.05, 3.63) is 29.3 Å². The molecule has 0 spiro atoms. The molecular formula is C10H15NO2. The summed E-state index contributed by atoms with van der Waals surface area (Å²) in [6.45, 7) is 2.38. The van der Waals surface area contributed by atoms with Crippen molar-refractivity contribution in [3.8, 4) is 5.75 Å². The molecule has 1 aromatic carbocycles. The van der Waals surface area contributed by atoms with Gasteiger partial charge in [-0.15, -0.1) is 0 Å². The Kier molecular flexibility index (Phi) is 3.28. The Morgan fingerprint density at radius 1 is 1.54 bits per heavy atom. The summed E-state index contributed by atoms with van der Waals surface area (Å²) in [5, 5.41) is 9.45. The van der Waals surface area contributed by atoms with E-state index in [1.165, 1.54) is 0 Å². The first-order chi connectivity index (χ1) is 6.15. The van der Waals surface area contributed by atoms with Gasteiger partial charge in [-0.25, -0.2) is 0 Å². The lowest BCUT2D eigenvalue weighted by atomic mass is 10.0. The molecule has 0 aliphatic carbocycles. The van der Waals surface area contributed by atoms with Gasteiger partial charge in [0.25, 0.3) is 0 Å². The SMILES string of the molecule is COCc1ccc(O)c([C@@H](C)N)c1. The highest BCUT2D eigenvalue weighted by Gasteiger charge is 2.06. The molecule has 0 unspecified atom stereocenters. The van der Waals surface area contributed by atoms with Crippen LogP contribution in [-0.2, 0) is 11.3 Å². The molecule has 0 aliphatic rings. The van der Waals surface area contributed by atoms with Crippen LogP contribution >= 0.6 is 0 Å². The molecule has 0 aromatic heterocycles. The predicted octanol–water partition coefficient (Wildman–Crippen LogP) is 1.56. The molecule has 0 bridgehead atoms. The van der Waals surface area contributed by atoms with E-state index in [-0.39, 0.29) is 11.8 Å². The fourth-order valence-electron chi connectivity index (χ4n) is 1.23. The average molecular weight is 181 g/mol. The minimum absolute atomic E-state index is 0.156. The highest BCUT2D eigenvalue weighted by Crippen LogP contribution is 2.23. The van der Waals surface area contributed by atoms with Gasteiger partial charge in [-0.3, -0.25) is 0 Å². The molecule has 0 saturated heterocycles. The molecule has 3 nitrogen and oxygen atoms in total. The zero-order valence-corrected chi connectivity index (χ0v) is 7.95. The van der Waals surface area contributed by atoms with Gasteiger partial charge in [0.1, 0.15) is 5.75 Å². The normalized spacial score (nSPS) is 12.8. The number of nitrogens with two attached hydrogens (primary N) is 1. The van der Waals surface area contributed by atoms with Crippen LogP contribution in [0.5, 0.6) is 5.75 Å². The molecule has 3 heteroatoms. The van der Waals surface area contributed by atoms with E-state index in [2.05, 4.69) is 0 Å². The van der Waals surface area contributed by atoms with E-state index in [9.17, 15) is 5.11 Å². The fourth-order valence-corrected chi connectivity index (χ4v) is 1.23. The van der Waals surface area contributed by atoms with Crippen LogP contribution in [0.3, 0.4) is 0 Å². The number of rotatable bonds is 3. The number of benzene rings is 1. The Bertz CT molecular complexity index is 284. The summed E-state index contributed by atoms with van der Waals surface area (Å²) < 4.78 is 4.98. The van der Waals surface area contributed by atoms with Crippen molar-refractivity contribution in [1.82, 2.24) is 0 Å². The molecule has 13 heavy (non-hydrogen) atoms. The molecule has 0 fully saturated rings. The Morgan fingerprint density at radius 2 is 2.23 bits per heavy atom. The van der Waals surface area contributed by atoms with Crippen LogP contribution in [0.4, 0.5) is 0 Å². The maximum absolute atomic E-state index is 9.45. The zero-order valence-electron chi connectivity index (χ0n) is 7.95. The van der Waals surface area contributed by atoms with E-state index < -0.39 is 0 Å². The number of hydrogen-bond acceptors (Lipinski definition) is 3. The van der Waals surface area contributed by atoms with E-state index in [0.717, 1.165) is 11.1 Å². The van der Waals surface area contributed by atoms with E-state index in [4.69, 9.17) is 10.5 Å². The van der Waals surface area contributed by atoms with Crippen LogP contribution in [0.2, 0.25) is 0 Å². The highest BCUT2D eigenvalue weighted by molar-refractivity contribution is 5.37. The summed E-state index contributed by atoms with van der Waals surface area (Å²) in [6.07, 6.45) is 0. The first kappa shape index (κ1) is 10.0. The number of phenols is 1. The number of hydrogen-bond donors (Lipinski definition) is 2. The van der Waals surface area contributed by atoms with Crippen LogP contribution in [0, 0.1) is 0 Å². The van der Waals surface area contributed by atoms with Crippen molar-refractivity contribution in [2.24, 2.45) is 5.73 Å². The van der Waals surface area contributed by atoms with Gasteiger partial charge in [0, 0.05) is 18.7 Å². The summed E-state index contributed by atoms with van der Waals surface area (Å²) in [4.78, 5) is 0. The lowest BCUT2D eigenvalue weighted by Crippen LogP contribution is -2.05. The number of methoxy groups -OCH3 is 1. The smallest absolute Gasteiger partial charge is 0.120 e. The number of phenolic OH excluding ortho intramolecular Hbond substituents is 1. The standard InChI is InChI=1S/C10H15NO2/c1-7(11)9-5-8(6-13-2)3-4-10(9)12/h3-5,7,12H,6,11H2,1-2H3/t7-/m1/s1. The summed E-state index contributed by atoms with van der Waals surface area (Å²) in [7, 11) is 1.64. The van der Waals surface area contributed by atoms with Crippen molar-refractivity contribution in [1.29, 1.82) is 0 Å². The van der Waals surface area contributed by atoms with Gasteiger partial charge in [0.2, 0.25) is 0 Å². The summed E-state index contributed by atoms with van der Waals surface area (Å²) in [5.74, 6) is 0.245. The molecule has 0 amide bonds. The second-order valence-electron chi connectivity index (χ2n) is 3.11. The van der Waals surface area contributed by atoms with Gasteiger partial charge >= 0.3 is 0 Å². The van der Waals surface area contributed by atoms with Gasteiger partial charge in [0.05, 0.1) is 6.61 Å². The topological polar surface area (TPSA) is 55.5 Å². The van der Waals surface area contributed by atoms with Crippen molar-refractivity contribution < 1.29 is 9.84 Å². The lowest BCUT2D eigenvalue weighted by molar-refractivity contribution is 0.184. The number of ether oxygens (including phenoxy) is 1. The second-order valence-corrected chi connectivity index (χ2v) is 3.11. The van der Waals surface area contributed by atoms with E-state index in [0.29, 0.717) is 6.61 Å². The monoisotopic (exact) mass is 181 g/mol. The molecule has 0 radical (unpaired) electrons. The second kappa shape index (κ2) is 4.25. The van der Waals surface area contributed by atoms with Gasteiger partial charge in [-0.05, 0) is 24.6 Å². The highest BCUT2D eigenvalue weighted by atomic mass is 16.5. The predicted molar refractivity (Wildman–Crippen MR) is 51.4 cm³/mol. The summed E-state index contributed by atoms with van der Waals surface area (Å²) >= 11 is 0. The lowest BCUT2D eigenvalue weighted by Gasteiger charge is -2.10. The Balaban J connectivity index is 2.97. The maximum Gasteiger partial charge on any atom is 0.120 e. The van der Waals surface area contributed by atoms with Crippen LogP contribution in [0.1, 0.15) is 24.1 Å². The van der Waals surface area contributed by atoms with Crippen LogP contribution < -0.4 is 5.73 Å². The van der Waals surface area contributed by atoms with Gasteiger partial charge in [-0.1, -0.05) is 6.07 Å². The van der Waals surface area contributed by atoms with Crippen molar-refractivity contribution in [2.75, 3.05) is 7.11 Å². The first-order valence-corrected chi connectivity index (χ1v) is 4.21. The fraction of sp³-hybridized carbons (Fsp3) is 0.400. The largest absolute Gasteiger partial charge is 0.508 e. The van der Waals surface area contributed by atoms with Crippen molar-refractivity contribution in [3.63, 3.8) is 0 Å². The Hall–Kier alpha value is -1.06. The molecule has 1 aromatic rings. The van der Waals surface area contributed by atoms with E-state index in [1.54, 1.807) is 13.2 Å². The average Bonchev–Trinajstić information content (AvgIpc) is 2.08. The third kappa shape index (κ3) is 2.44. The molecule has 0 heterocycles.